The van der Waals surface area contributed by atoms with Crippen LogP contribution in [0, 0.1) is 17.5 Å². The van der Waals surface area contributed by atoms with Gasteiger partial charge in [-0.3, -0.25) is 19.2 Å². The minimum absolute atomic E-state index is 0.0686. The molecule has 2 aliphatic heterocycles. The van der Waals surface area contributed by atoms with Crippen LogP contribution in [0.15, 0.2) is 53.5 Å². The summed E-state index contributed by atoms with van der Waals surface area (Å²) in [5.74, 6) is -5.49. The van der Waals surface area contributed by atoms with Gasteiger partial charge in [0, 0.05) is 43.4 Å². The molecule has 1 N–H and O–H groups in total. The normalized spacial score (nSPS) is 18.4. The maximum Gasteiger partial charge on any atom is 0.275 e. The molecule has 1 fully saturated rings. The molecule has 0 radical (unpaired) electrons. The van der Waals surface area contributed by atoms with Crippen LogP contribution in [0.2, 0.25) is 0 Å². The number of aromatic nitrogens is 1. The molecule has 2 bridgehead atoms. The lowest BCUT2D eigenvalue weighted by Gasteiger charge is -2.37. The Morgan fingerprint density at radius 3 is 2.46 bits per heavy atom. The van der Waals surface area contributed by atoms with Crippen molar-refractivity contribution in [3.05, 3.63) is 98.7 Å². The molecule has 1 saturated heterocycles. The van der Waals surface area contributed by atoms with E-state index >= 15 is 0 Å². The summed E-state index contributed by atoms with van der Waals surface area (Å²) in [5.41, 5.74) is -1.24. The molecular formula is C28H24F3N3O5. The van der Waals surface area contributed by atoms with Crippen molar-refractivity contribution in [1.82, 2.24) is 14.8 Å². The van der Waals surface area contributed by atoms with Crippen LogP contribution in [0.5, 0.6) is 5.75 Å². The zero-order valence-electron chi connectivity index (χ0n) is 20.9. The maximum atomic E-state index is 14.1. The summed E-state index contributed by atoms with van der Waals surface area (Å²) < 4.78 is 48.8. The summed E-state index contributed by atoms with van der Waals surface area (Å²) in [6, 6.07) is 8.75. The van der Waals surface area contributed by atoms with E-state index in [0.717, 1.165) is 0 Å². The second-order valence-corrected chi connectivity index (χ2v) is 9.55. The Kier molecular flexibility index (Phi) is 6.98. The molecule has 0 spiro atoms. The van der Waals surface area contributed by atoms with Gasteiger partial charge in [-0.25, -0.2) is 13.2 Å². The lowest BCUT2D eigenvalue weighted by atomic mass is 10.1. The van der Waals surface area contributed by atoms with Crippen molar-refractivity contribution in [3.63, 3.8) is 0 Å². The third kappa shape index (κ3) is 4.91. The van der Waals surface area contributed by atoms with Crippen molar-refractivity contribution in [2.24, 2.45) is 0 Å². The van der Waals surface area contributed by atoms with Gasteiger partial charge in [-0.2, -0.15) is 0 Å². The SMILES string of the molecule is C[C@H]1C(=O)CC[C@H]2CN1C(=O)c1c(OCc3ccccc3)c(=O)c(C(=O)NCc3c(F)cc(F)cc3F)cn12. The molecule has 2 aromatic carbocycles. The molecule has 202 valence electrons. The quantitative estimate of drug-likeness (QED) is 0.517. The predicted molar refractivity (Wildman–Crippen MR) is 133 cm³/mol. The zero-order chi connectivity index (χ0) is 27.8. The number of carbonyl (C=O) groups is 3. The van der Waals surface area contributed by atoms with Crippen molar-refractivity contribution < 1.29 is 32.3 Å². The predicted octanol–water partition coefficient (Wildman–Crippen LogP) is 3.52. The molecule has 1 aromatic heterocycles. The van der Waals surface area contributed by atoms with Crippen LogP contribution in [0.3, 0.4) is 0 Å². The minimum Gasteiger partial charge on any atom is -0.483 e. The number of amides is 2. The summed E-state index contributed by atoms with van der Waals surface area (Å²) in [6.07, 6.45) is 1.79. The highest BCUT2D eigenvalue weighted by Gasteiger charge is 2.41. The van der Waals surface area contributed by atoms with Gasteiger partial charge in [0.1, 0.15) is 29.6 Å². The van der Waals surface area contributed by atoms with E-state index in [2.05, 4.69) is 5.32 Å². The Balaban J connectivity index is 1.55. The number of pyridine rings is 1. The lowest BCUT2D eigenvalue weighted by Crippen LogP contribution is -2.49. The first-order valence-corrected chi connectivity index (χ1v) is 12.4. The molecule has 3 heterocycles. The van der Waals surface area contributed by atoms with E-state index in [0.29, 0.717) is 24.1 Å². The Labute approximate surface area is 221 Å². The van der Waals surface area contributed by atoms with Gasteiger partial charge in [-0.15, -0.1) is 0 Å². The van der Waals surface area contributed by atoms with Gasteiger partial charge in [-0.05, 0) is 18.9 Å². The van der Waals surface area contributed by atoms with E-state index in [9.17, 15) is 32.3 Å². The molecule has 11 heteroatoms. The summed E-state index contributed by atoms with van der Waals surface area (Å²) >= 11 is 0. The number of hydrogen-bond acceptors (Lipinski definition) is 5. The van der Waals surface area contributed by atoms with Crippen LogP contribution in [-0.4, -0.2) is 39.7 Å². The van der Waals surface area contributed by atoms with E-state index in [1.807, 2.05) is 0 Å². The fourth-order valence-corrected chi connectivity index (χ4v) is 4.93. The summed E-state index contributed by atoms with van der Waals surface area (Å²) in [5, 5.41) is 2.30. The maximum absolute atomic E-state index is 14.1. The molecule has 0 aliphatic carbocycles. The largest absolute Gasteiger partial charge is 0.483 e. The first-order valence-electron chi connectivity index (χ1n) is 12.4. The molecule has 39 heavy (non-hydrogen) atoms. The molecule has 2 atom stereocenters. The molecule has 8 nitrogen and oxygen atoms in total. The third-order valence-electron chi connectivity index (χ3n) is 7.12. The molecule has 5 rings (SSSR count). The van der Waals surface area contributed by atoms with Gasteiger partial charge in [0.15, 0.2) is 17.2 Å². The van der Waals surface area contributed by atoms with Crippen LogP contribution < -0.4 is 15.5 Å². The first-order chi connectivity index (χ1) is 18.7. The molecule has 0 saturated carbocycles. The first kappa shape index (κ1) is 26.2. The number of halogens is 3. The highest BCUT2D eigenvalue weighted by molar-refractivity contribution is 6.01. The van der Waals surface area contributed by atoms with Gasteiger partial charge in [0.05, 0.1) is 12.1 Å². The van der Waals surface area contributed by atoms with Crippen molar-refractivity contribution in [2.45, 2.75) is 45.0 Å². The number of ether oxygens (including phenoxy) is 1. The van der Waals surface area contributed by atoms with Crippen LogP contribution in [-0.2, 0) is 17.9 Å². The fraction of sp³-hybridized carbons (Fsp3) is 0.286. The van der Waals surface area contributed by atoms with E-state index < -0.39 is 64.5 Å². The van der Waals surface area contributed by atoms with Crippen LogP contribution in [0.4, 0.5) is 13.2 Å². The second kappa shape index (κ2) is 10.4. The van der Waals surface area contributed by atoms with Gasteiger partial charge in [0.25, 0.3) is 11.8 Å². The van der Waals surface area contributed by atoms with Crippen molar-refractivity contribution in [2.75, 3.05) is 6.54 Å². The molecular weight excluding hydrogens is 515 g/mol. The third-order valence-corrected chi connectivity index (χ3v) is 7.12. The van der Waals surface area contributed by atoms with Crippen molar-refractivity contribution >= 4 is 17.6 Å². The van der Waals surface area contributed by atoms with Gasteiger partial charge in [-0.1, -0.05) is 30.3 Å². The molecule has 3 aromatic rings. The summed E-state index contributed by atoms with van der Waals surface area (Å²) in [4.78, 5) is 54.2. The standard InChI is InChI=1S/C28H24F3N3O5/c1-15-23(35)8-7-18-12-33(15)28(38)24-26(39-14-16-5-3-2-4-6-16)25(36)20(13-34(18)24)27(37)32-11-19-21(30)9-17(29)10-22(19)31/h2-6,9-10,13,15,18H,7-8,11-12,14H2,1H3,(H,32,37)/t15-,18-/m0/s1. The Morgan fingerprint density at radius 2 is 1.77 bits per heavy atom. The van der Waals surface area contributed by atoms with E-state index in [4.69, 9.17) is 4.74 Å². The summed E-state index contributed by atoms with van der Waals surface area (Å²) in [6.45, 7) is 1.11. The fourth-order valence-electron chi connectivity index (χ4n) is 4.93. The lowest BCUT2D eigenvalue weighted by molar-refractivity contribution is -0.122. The minimum atomic E-state index is -1.19. The smallest absolute Gasteiger partial charge is 0.275 e. The monoisotopic (exact) mass is 539 g/mol. The van der Waals surface area contributed by atoms with Gasteiger partial charge >= 0.3 is 0 Å². The van der Waals surface area contributed by atoms with Gasteiger partial charge < -0.3 is 19.5 Å². The average molecular weight is 540 g/mol. The van der Waals surface area contributed by atoms with E-state index in [1.165, 1.54) is 15.7 Å². The average Bonchev–Trinajstić information content (AvgIpc) is 3.03. The van der Waals surface area contributed by atoms with Crippen LogP contribution >= 0.6 is 0 Å². The van der Waals surface area contributed by atoms with E-state index in [-0.39, 0.29) is 36.8 Å². The van der Waals surface area contributed by atoms with E-state index in [1.54, 1.807) is 37.3 Å². The number of rotatable bonds is 6. The number of hydrogen-bond donors (Lipinski definition) is 1. The molecule has 2 amide bonds. The number of nitrogens with zero attached hydrogens (tertiary/aromatic N) is 2. The van der Waals surface area contributed by atoms with Crippen LogP contribution in [0.1, 0.15) is 57.8 Å². The van der Waals surface area contributed by atoms with Crippen LogP contribution in [0.25, 0.3) is 0 Å². The Hall–Kier alpha value is -4.41. The number of Topliss-reactive ketones (excluding diaryl/α,β-unsaturated/α-hetero) is 1. The van der Waals surface area contributed by atoms with Crippen molar-refractivity contribution in [1.29, 1.82) is 0 Å². The Morgan fingerprint density at radius 1 is 1.08 bits per heavy atom. The number of fused-ring (bicyclic) bond motifs is 4. The van der Waals surface area contributed by atoms with Gasteiger partial charge in [0.2, 0.25) is 5.43 Å². The summed E-state index contributed by atoms with van der Waals surface area (Å²) in [7, 11) is 0. The number of ketones is 1. The highest BCUT2D eigenvalue weighted by atomic mass is 19.1. The number of carbonyl (C=O) groups excluding carboxylic acids is 3. The number of nitrogens with one attached hydrogen (secondary N) is 1. The zero-order valence-corrected chi connectivity index (χ0v) is 20.9. The Bertz CT molecular complexity index is 1520. The molecule has 0 unspecified atom stereocenters. The molecule has 2 aliphatic rings. The van der Waals surface area contributed by atoms with Crippen molar-refractivity contribution in [3.8, 4) is 5.75 Å². The number of benzene rings is 2. The highest BCUT2D eigenvalue weighted by Crippen LogP contribution is 2.34. The topological polar surface area (TPSA) is 97.7 Å². The second-order valence-electron chi connectivity index (χ2n) is 9.55.